The van der Waals surface area contributed by atoms with Crippen molar-refractivity contribution < 1.29 is 39.8 Å². The summed E-state index contributed by atoms with van der Waals surface area (Å²) in [5, 5.41) is 0. The van der Waals surface area contributed by atoms with Crippen molar-refractivity contribution in [1.82, 2.24) is 0 Å². The normalized spacial score (nSPS) is 13.0. The Hall–Kier alpha value is 1.77. The number of rotatable bonds is 33. The summed E-state index contributed by atoms with van der Waals surface area (Å²) < 4.78 is 54.7. The molecule has 43 heavy (non-hydrogen) atoms. The maximum Gasteiger partial charge on any atom is 0.500 e. The van der Waals surface area contributed by atoms with Crippen LogP contribution in [0.1, 0.15) is 81.6 Å². The molecule has 0 spiro atoms. The van der Waals surface area contributed by atoms with E-state index < -0.39 is 26.4 Å². The highest BCUT2D eigenvalue weighted by molar-refractivity contribution is 9.12. The molecule has 0 N–H and O–H groups in total. The van der Waals surface area contributed by atoms with Crippen LogP contribution in [-0.2, 0) is 39.8 Å². The van der Waals surface area contributed by atoms with E-state index in [1.807, 2.05) is 62.3 Å². The lowest BCUT2D eigenvalue weighted by Gasteiger charge is -2.29. The van der Waals surface area contributed by atoms with Gasteiger partial charge in [-0.3, -0.25) is 0 Å². The van der Waals surface area contributed by atoms with Crippen LogP contribution in [0.3, 0.4) is 0 Å². The third-order valence-electron chi connectivity index (χ3n) is 5.75. The lowest BCUT2D eigenvalue weighted by atomic mass is 10.6. The third-order valence-corrected chi connectivity index (χ3v) is 26.5. The lowest BCUT2D eigenvalue weighted by Crippen LogP contribution is -2.46. The minimum Gasteiger partial charge on any atom is -0.374 e. The average molecular weight is 743 g/mol. The predicted molar refractivity (Wildman–Crippen MR) is 194 cm³/mol. The first-order valence-corrected chi connectivity index (χ1v) is 28.2. The molecule has 9 nitrogen and oxygen atoms in total. The molecule has 16 heteroatoms. The maximum absolute atomic E-state index is 6.08. The minimum absolute atomic E-state index is 0.345. The summed E-state index contributed by atoms with van der Waals surface area (Å²) in [4.78, 5) is 0. The van der Waals surface area contributed by atoms with E-state index >= 15 is 0 Å². The van der Waals surface area contributed by atoms with E-state index in [0.29, 0.717) is 59.5 Å². The molecule has 0 rings (SSSR count). The molecule has 0 aromatic heterocycles. The van der Waals surface area contributed by atoms with Gasteiger partial charge in [-0.1, -0.05) is 0 Å². The first kappa shape index (κ1) is 44.8. The fourth-order valence-corrected chi connectivity index (χ4v) is 23.7. The van der Waals surface area contributed by atoms with Gasteiger partial charge in [0.15, 0.2) is 0 Å². The van der Waals surface area contributed by atoms with Crippen molar-refractivity contribution >= 4 is 66.1 Å². The molecular formula is C27H63O9PS3Si3. The zero-order chi connectivity index (χ0) is 32.3. The van der Waals surface area contributed by atoms with Gasteiger partial charge in [-0.2, -0.15) is 0 Å². The van der Waals surface area contributed by atoms with Gasteiger partial charge in [-0.25, -0.2) is 0 Å². The smallest absolute Gasteiger partial charge is 0.374 e. The molecule has 0 aromatic rings. The van der Waals surface area contributed by atoms with Gasteiger partial charge in [0.2, 0.25) is 0 Å². The Bertz CT molecular complexity index is 508. The quantitative estimate of drug-likeness (QED) is 0.0367. The Kier molecular flexibility index (Phi) is 29.9. The predicted octanol–water partition coefficient (Wildman–Crippen LogP) is 8.73. The van der Waals surface area contributed by atoms with Crippen molar-refractivity contribution in [3.63, 3.8) is 0 Å². The summed E-state index contributed by atoms with van der Waals surface area (Å²) >= 11 is 6.23. The molecule has 0 aliphatic rings. The second-order valence-electron chi connectivity index (χ2n) is 8.98. The van der Waals surface area contributed by atoms with Gasteiger partial charge in [0.05, 0.1) is 5.53 Å². The Balaban J connectivity index is 5.25. The van der Waals surface area contributed by atoms with Crippen LogP contribution >= 0.6 is 39.7 Å². The standard InChI is InChI=1S/C27H63O9PS3Si3/c1-10-28-41(29-11-2,30-12-3)25-19-22-38-37(39-23-20-26-42(31-13-4,32-14-5)33-15-6)40-24-21-27-43(34-16-7,35-17-8)36-18-9/h10-27H2,1-9H3. The van der Waals surface area contributed by atoms with Crippen LogP contribution in [0.5, 0.6) is 0 Å². The van der Waals surface area contributed by atoms with Gasteiger partial charge in [0, 0.05) is 77.6 Å². The van der Waals surface area contributed by atoms with Gasteiger partial charge in [0.1, 0.15) is 0 Å². The molecule has 0 saturated heterocycles. The molecule has 0 radical (unpaired) electrons. The summed E-state index contributed by atoms with van der Waals surface area (Å²) in [6, 6.07) is 2.55. The molecular weight excluding hydrogens is 680 g/mol. The van der Waals surface area contributed by atoms with Crippen LogP contribution in [0.15, 0.2) is 0 Å². The van der Waals surface area contributed by atoms with Crippen molar-refractivity contribution in [2.75, 3.05) is 76.7 Å². The van der Waals surface area contributed by atoms with Crippen molar-refractivity contribution in [1.29, 1.82) is 0 Å². The first-order chi connectivity index (χ1) is 20.8. The van der Waals surface area contributed by atoms with Crippen LogP contribution in [0, 0.1) is 0 Å². The number of hydrogen-bond acceptors (Lipinski definition) is 12. The van der Waals surface area contributed by atoms with Gasteiger partial charge < -0.3 is 39.8 Å². The third kappa shape index (κ3) is 20.0. The molecule has 0 amide bonds. The Labute approximate surface area is 281 Å². The molecule has 0 atom stereocenters. The highest BCUT2D eigenvalue weighted by Crippen LogP contribution is 2.70. The molecule has 0 aliphatic heterocycles. The maximum atomic E-state index is 6.08. The Morgan fingerprint density at radius 2 is 0.535 bits per heavy atom. The van der Waals surface area contributed by atoms with Gasteiger partial charge >= 0.3 is 26.4 Å². The summed E-state index contributed by atoms with van der Waals surface area (Å²) in [6.45, 7) is 23.7. The summed E-state index contributed by atoms with van der Waals surface area (Å²) in [5.74, 6) is 3.16. The van der Waals surface area contributed by atoms with Crippen LogP contribution in [-0.4, -0.2) is 103 Å². The van der Waals surface area contributed by atoms with Crippen LogP contribution in [0.2, 0.25) is 18.1 Å². The minimum atomic E-state index is -2.61. The van der Waals surface area contributed by atoms with Gasteiger partial charge in [-0.15, -0.1) is 34.1 Å². The SMILES string of the molecule is CCO[Si](CCCSP(SCCC[Si](OCC)(OCC)OCC)SCCC[Si](OCC)(OCC)OCC)(OCC)OCC. The highest BCUT2D eigenvalue weighted by atomic mass is 33.4. The topological polar surface area (TPSA) is 83.1 Å². The molecule has 0 aliphatic carbocycles. The molecule has 260 valence electrons. The van der Waals surface area contributed by atoms with Gasteiger partial charge in [0.25, 0.3) is 0 Å². The highest BCUT2D eigenvalue weighted by Gasteiger charge is 2.41. The van der Waals surface area contributed by atoms with Crippen LogP contribution < -0.4 is 0 Å². The largest absolute Gasteiger partial charge is 0.500 e. The van der Waals surface area contributed by atoms with Crippen molar-refractivity contribution in [2.45, 2.75) is 99.7 Å². The molecule has 0 aromatic carbocycles. The number of hydrogen-bond donors (Lipinski definition) is 0. The first-order valence-electron chi connectivity index (χ1n) is 16.3. The average Bonchev–Trinajstić information content (AvgIpc) is 2.96. The van der Waals surface area contributed by atoms with Crippen LogP contribution in [0.25, 0.3) is 0 Å². The zero-order valence-corrected chi connectivity index (χ0v) is 34.9. The zero-order valence-electron chi connectivity index (χ0n) is 28.6. The van der Waals surface area contributed by atoms with E-state index in [-0.39, 0.29) is 5.53 Å². The second kappa shape index (κ2) is 28.8. The fourth-order valence-electron chi connectivity index (χ4n) is 4.40. The Morgan fingerprint density at radius 3 is 0.698 bits per heavy atom. The Morgan fingerprint density at radius 1 is 0.349 bits per heavy atom. The lowest BCUT2D eigenvalue weighted by molar-refractivity contribution is 0.0704. The van der Waals surface area contributed by atoms with Gasteiger partial charge in [-0.05, 0) is 98.8 Å². The fraction of sp³-hybridized carbons (Fsp3) is 1.00. The van der Waals surface area contributed by atoms with E-state index in [2.05, 4.69) is 34.1 Å². The van der Waals surface area contributed by atoms with E-state index in [9.17, 15) is 0 Å². The monoisotopic (exact) mass is 742 g/mol. The van der Waals surface area contributed by atoms with E-state index in [1.54, 1.807) is 0 Å². The van der Waals surface area contributed by atoms with Crippen molar-refractivity contribution in [3.05, 3.63) is 0 Å². The molecule has 0 fully saturated rings. The van der Waals surface area contributed by atoms with E-state index in [0.717, 1.165) is 54.7 Å². The summed E-state index contributed by atoms with van der Waals surface area (Å²) in [5.41, 5.74) is -0.345. The van der Waals surface area contributed by atoms with Crippen LogP contribution in [0.4, 0.5) is 0 Å². The summed E-state index contributed by atoms with van der Waals surface area (Å²) in [7, 11) is -7.84. The van der Waals surface area contributed by atoms with Crippen molar-refractivity contribution in [3.8, 4) is 0 Å². The molecule has 0 unspecified atom stereocenters. The van der Waals surface area contributed by atoms with E-state index in [1.165, 1.54) is 0 Å². The van der Waals surface area contributed by atoms with E-state index in [4.69, 9.17) is 39.8 Å². The summed E-state index contributed by atoms with van der Waals surface area (Å²) in [6.07, 6.45) is 3.04. The molecule has 0 heterocycles. The van der Waals surface area contributed by atoms with Crippen molar-refractivity contribution in [2.24, 2.45) is 0 Å². The second-order valence-corrected chi connectivity index (χ2v) is 27.3. The molecule has 0 bridgehead atoms. The molecule has 0 saturated carbocycles.